The number of hydrogen-bond acceptors (Lipinski definition) is 2. The highest BCUT2D eigenvalue weighted by molar-refractivity contribution is 6.06. The number of carbonyl (C=O) groups is 1. The first-order chi connectivity index (χ1) is 12.4. The molecule has 2 aromatic carbocycles. The summed E-state index contributed by atoms with van der Waals surface area (Å²) in [7, 11) is 0. The predicted molar refractivity (Wildman–Crippen MR) is 101 cm³/mol. The highest BCUT2D eigenvalue weighted by Gasteiger charge is 2.24. The molecule has 5 heteroatoms. The van der Waals surface area contributed by atoms with Crippen molar-refractivity contribution in [1.29, 1.82) is 0 Å². The van der Waals surface area contributed by atoms with Crippen molar-refractivity contribution in [3.63, 3.8) is 0 Å². The third kappa shape index (κ3) is 3.38. The van der Waals surface area contributed by atoms with Crippen LogP contribution in [0.5, 0.6) is 0 Å². The number of anilines is 1. The maximum atomic E-state index is 14.0. The third-order valence-corrected chi connectivity index (χ3v) is 4.29. The van der Waals surface area contributed by atoms with Crippen molar-refractivity contribution in [2.75, 3.05) is 4.90 Å². The summed E-state index contributed by atoms with van der Waals surface area (Å²) in [4.78, 5) is 14.9. The van der Waals surface area contributed by atoms with E-state index in [0.29, 0.717) is 11.3 Å². The minimum atomic E-state index is -0.384. The summed E-state index contributed by atoms with van der Waals surface area (Å²) in [6.45, 7) is 7.93. The standard InChI is InChI=1S/C21H22FN3O/c1-14(2)25(20-11-15(3)9-10-16(20)4)21(26)17-12-23-24(13-17)19-8-6-5-7-18(19)22/h5-14H,1-4H3. The van der Waals surface area contributed by atoms with Crippen molar-refractivity contribution >= 4 is 11.6 Å². The van der Waals surface area contributed by atoms with E-state index in [0.717, 1.165) is 16.8 Å². The fourth-order valence-corrected chi connectivity index (χ4v) is 2.94. The molecule has 0 fully saturated rings. The monoisotopic (exact) mass is 351 g/mol. The molecule has 0 spiro atoms. The molecule has 134 valence electrons. The minimum absolute atomic E-state index is 0.0280. The van der Waals surface area contributed by atoms with E-state index in [1.54, 1.807) is 29.3 Å². The topological polar surface area (TPSA) is 38.1 Å². The van der Waals surface area contributed by atoms with Gasteiger partial charge >= 0.3 is 0 Å². The van der Waals surface area contributed by atoms with Gasteiger partial charge in [-0.15, -0.1) is 0 Å². The molecule has 0 radical (unpaired) electrons. The molecule has 26 heavy (non-hydrogen) atoms. The van der Waals surface area contributed by atoms with E-state index < -0.39 is 0 Å². The number of carbonyl (C=O) groups excluding carboxylic acids is 1. The molecular weight excluding hydrogens is 329 g/mol. The van der Waals surface area contributed by atoms with Gasteiger partial charge in [-0.1, -0.05) is 24.3 Å². The Morgan fingerprint density at radius 1 is 1.15 bits per heavy atom. The zero-order valence-electron chi connectivity index (χ0n) is 15.4. The van der Waals surface area contributed by atoms with Crippen LogP contribution in [0.3, 0.4) is 0 Å². The van der Waals surface area contributed by atoms with E-state index in [1.807, 2.05) is 45.9 Å². The summed E-state index contributed by atoms with van der Waals surface area (Å²) >= 11 is 0. The molecule has 0 atom stereocenters. The predicted octanol–water partition coefficient (Wildman–Crippen LogP) is 4.68. The molecule has 4 nitrogen and oxygen atoms in total. The summed E-state index contributed by atoms with van der Waals surface area (Å²) in [5.74, 6) is -0.541. The number of aryl methyl sites for hydroxylation is 2. The normalized spacial score (nSPS) is 11.0. The van der Waals surface area contributed by atoms with Gasteiger partial charge in [0.15, 0.2) is 0 Å². The average molecular weight is 351 g/mol. The van der Waals surface area contributed by atoms with Crippen molar-refractivity contribution in [3.8, 4) is 5.69 Å². The van der Waals surface area contributed by atoms with Gasteiger partial charge in [-0.2, -0.15) is 5.10 Å². The average Bonchev–Trinajstić information content (AvgIpc) is 3.08. The van der Waals surface area contributed by atoms with Crippen LogP contribution in [-0.2, 0) is 0 Å². The Morgan fingerprint density at radius 3 is 2.58 bits per heavy atom. The van der Waals surface area contributed by atoms with E-state index in [4.69, 9.17) is 0 Å². The zero-order chi connectivity index (χ0) is 18.8. The van der Waals surface area contributed by atoms with Gasteiger partial charge in [-0.25, -0.2) is 9.07 Å². The van der Waals surface area contributed by atoms with Crippen LogP contribution >= 0.6 is 0 Å². The van der Waals surface area contributed by atoms with Crippen molar-refractivity contribution in [2.45, 2.75) is 33.7 Å². The van der Waals surface area contributed by atoms with Crippen LogP contribution in [0.1, 0.15) is 35.3 Å². The lowest BCUT2D eigenvalue weighted by molar-refractivity contribution is 0.0980. The number of para-hydroxylation sites is 1. The Bertz CT molecular complexity index is 946. The molecule has 0 N–H and O–H groups in total. The number of rotatable bonds is 4. The van der Waals surface area contributed by atoms with Gasteiger partial charge in [0.05, 0.1) is 11.8 Å². The number of nitrogens with zero attached hydrogens (tertiary/aromatic N) is 3. The Labute approximate surface area is 152 Å². The smallest absolute Gasteiger partial charge is 0.261 e. The molecule has 0 saturated carbocycles. The Morgan fingerprint density at radius 2 is 1.88 bits per heavy atom. The van der Waals surface area contributed by atoms with Crippen LogP contribution < -0.4 is 4.90 Å². The number of aromatic nitrogens is 2. The molecule has 0 unspecified atom stereocenters. The second-order valence-electron chi connectivity index (χ2n) is 6.68. The van der Waals surface area contributed by atoms with Gasteiger partial charge in [0.2, 0.25) is 0 Å². The van der Waals surface area contributed by atoms with Gasteiger partial charge in [0.25, 0.3) is 5.91 Å². The van der Waals surface area contributed by atoms with Gasteiger partial charge in [-0.05, 0) is 57.0 Å². The van der Waals surface area contributed by atoms with E-state index in [2.05, 4.69) is 5.10 Å². The molecule has 0 aliphatic rings. The summed E-state index contributed by atoms with van der Waals surface area (Å²) in [5, 5.41) is 4.17. The first-order valence-electron chi connectivity index (χ1n) is 8.59. The first-order valence-corrected chi connectivity index (χ1v) is 8.59. The maximum Gasteiger partial charge on any atom is 0.261 e. The quantitative estimate of drug-likeness (QED) is 0.684. The second-order valence-corrected chi connectivity index (χ2v) is 6.68. The van der Waals surface area contributed by atoms with Crippen molar-refractivity contribution in [1.82, 2.24) is 9.78 Å². The van der Waals surface area contributed by atoms with Crippen LogP contribution in [-0.4, -0.2) is 21.7 Å². The van der Waals surface area contributed by atoms with Crippen molar-refractivity contribution < 1.29 is 9.18 Å². The Hall–Kier alpha value is -2.95. The zero-order valence-corrected chi connectivity index (χ0v) is 15.4. The van der Waals surface area contributed by atoms with Crippen LogP contribution in [0.2, 0.25) is 0 Å². The summed E-state index contributed by atoms with van der Waals surface area (Å²) < 4.78 is 15.4. The van der Waals surface area contributed by atoms with E-state index in [1.165, 1.54) is 16.9 Å². The fourth-order valence-electron chi connectivity index (χ4n) is 2.94. The van der Waals surface area contributed by atoms with Crippen LogP contribution in [0, 0.1) is 19.7 Å². The number of halogens is 1. The van der Waals surface area contributed by atoms with Gasteiger partial charge in [0.1, 0.15) is 11.5 Å². The Balaban J connectivity index is 1.99. The molecule has 1 amide bonds. The lowest BCUT2D eigenvalue weighted by atomic mass is 10.1. The lowest BCUT2D eigenvalue weighted by Crippen LogP contribution is -2.37. The molecule has 0 aliphatic heterocycles. The summed E-state index contributed by atoms with van der Waals surface area (Å²) in [6, 6.07) is 12.4. The highest BCUT2D eigenvalue weighted by Crippen LogP contribution is 2.26. The van der Waals surface area contributed by atoms with Gasteiger partial charge in [-0.3, -0.25) is 4.79 Å². The van der Waals surface area contributed by atoms with Crippen LogP contribution in [0.25, 0.3) is 5.69 Å². The Kier molecular flexibility index (Phi) is 4.89. The van der Waals surface area contributed by atoms with E-state index in [-0.39, 0.29) is 17.8 Å². The highest BCUT2D eigenvalue weighted by atomic mass is 19.1. The number of benzene rings is 2. The number of amides is 1. The summed E-state index contributed by atoms with van der Waals surface area (Å²) in [6.07, 6.45) is 3.05. The van der Waals surface area contributed by atoms with E-state index >= 15 is 0 Å². The molecular formula is C21H22FN3O. The van der Waals surface area contributed by atoms with E-state index in [9.17, 15) is 9.18 Å². The molecule has 0 bridgehead atoms. The molecule has 0 saturated heterocycles. The largest absolute Gasteiger partial charge is 0.305 e. The maximum absolute atomic E-state index is 14.0. The fraction of sp³-hybridized carbons (Fsp3) is 0.238. The minimum Gasteiger partial charge on any atom is -0.305 e. The summed E-state index contributed by atoms with van der Waals surface area (Å²) in [5.41, 5.74) is 3.73. The molecule has 0 aliphatic carbocycles. The third-order valence-electron chi connectivity index (χ3n) is 4.29. The van der Waals surface area contributed by atoms with Crippen LogP contribution in [0.15, 0.2) is 54.9 Å². The molecule has 1 aromatic heterocycles. The SMILES string of the molecule is Cc1ccc(C)c(N(C(=O)c2cnn(-c3ccccc3F)c2)C(C)C)c1. The van der Waals surface area contributed by atoms with Crippen molar-refractivity contribution in [3.05, 3.63) is 77.4 Å². The number of hydrogen-bond donors (Lipinski definition) is 0. The second kappa shape index (κ2) is 7.12. The van der Waals surface area contributed by atoms with Crippen LogP contribution in [0.4, 0.5) is 10.1 Å². The first kappa shape index (κ1) is 17.9. The lowest BCUT2D eigenvalue weighted by Gasteiger charge is -2.28. The molecule has 3 aromatic rings. The van der Waals surface area contributed by atoms with Gasteiger partial charge in [0, 0.05) is 17.9 Å². The van der Waals surface area contributed by atoms with Crippen molar-refractivity contribution in [2.24, 2.45) is 0 Å². The molecule has 3 rings (SSSR count). The van der Waals surface area contributed by atoms with Gasteiger partial charge < -0.3 is 4.90 Å². The molecule has 1 heterocycles.